The zero-order valence-corrected chi connectivity index (χ0v) is 11.4. The van der Waals surface area contributed by atoms with Gasteiger partial charge in [0.05, 0.1) is 6.61 Å². The lowest BCUT2D eigenvalue weighted by Gasteiger charge is -2.25. The predicted molar refractivity (Wildman–Crippen MR) is 73.2 cm³/mol. The number of rotatable bonds is 6. The van der Waals surface area contributed by atoms with Crippen LogP contribution in [0.15, 0.2) is 18.2 Å². The van der Waals surface area contributed by atoms with Crippen LogP contribution in [0.3, 0.4) is 0 Å². The van der Waals surface area contributed by atoms with Crippen LogP contribution in [0.1, 0.15) is 36.4 Å². The molecule has 0 spiro atoms. The fourth-order valence-electron chi connectivity index (χ4n) is 2.56. The minimum atomic E-state index is 0.483. The number of ether oxygens (including phenoxy) is 2. The first kappa shape index (κ1) is 13.4. The number of nitrogens with one attached hydrogen (secondary N) is 1. The van der Waals surface area contributed by atoms with Crippen molar-refractivity contribution in [3.05, 3.63) is 29.3 Å². The van der Waals surface area contributed by atoms with Gasteiger partial charge in [0.1, 0.15) is 5.75 Å². The minimum absolute atomic E-state index is 0.483. The summed E-state index contributed by atoms with van der Waals surface area (Å²) in [5.74, 6) is 0.979. The van der Waals surface area contributed by atoms with Gasteiger partial charge < -0.3 is 14.8 Å². The summed E-state index contributed by atoms with van der Waals surface area (Å²) in [6, 6.07) is 6.98. The number of benzene rings is 1. The van der Waals surface area contributed by atoms with Gasteiger partial charge in [0, 0.05) is 26.2 Å². The molecule has 0 bridgehead atoms. The molecule has 0 aromatic heterocycles. The second-order valence-corrected chi connectivity index (χ2v) is 4.79. The van der Waals surface area contributed by atoms with Crippen LogP contribution in [-0.4, -0.2) is 27.4 Å². The van der Waals surface area contributed by atoms with Gasteiger partial charge in [-0.25, -0.2) is 0 Å². The van der Waals surface area contributed by atoms with Gasteiger partial charge in [0.2, 0.25) is 0 Å². The fourth-order valence-corrected chi connectivity index (χ4v) is 2.56. The highest BCUT2D eigenvalue weighted by atomic mass is 16.5. The summed E-state index contributed by atoms with van der Waals surface area (Å²) in [5, 5.41) is 3.39. The third-order valence-electron chi connectivity index (χ3n) is 3.54. The second kappa shape index (κ2) is 6.76. The first-order valence-electron chi connectivity index (χ1n) is 6.77. The summed E-state index contributed by atoms with van der Waals surface area (Å²) in [5.41, 5.74) is 2.87. The van der Waals surface area contributed by atoms with Crippen LogP contribution in [0.4, 0.5) is 0 Å². The largest absolute Gasteiger partial charge is 0.493 e. The molecule has 100 valence electrons. The molecule has 0 fully saturated rings. The van der Waals surface area contributed by atoms with E-state index in [4.69, 9.17) is 9.47 Å². The molecule has 0 amide bonds. The highest BCUT2D eigenvalue weighted by Gasteiger charge is 2.18. The zero-order valence-electron chi connectivity index (χ0n) is 11.4. The van der Waals surface area contributed by atoms with Crippen molar-refractivity contribution < 1.29 is 9.47 Å². The van der Waals surface area contributed by atoms with Crippen molar-refractivity contribution in [2.75, 3.05) is 27.4 Å². The Balaban J connectivity index is 2.01. The maximum atomic E-state index is 5.76. The summed E-state index contributed by atoms with van der Waals surface area (Å²) < 4.78 is 10.8. The first-order chi connectivity index (χ1) is 8.85. The predicted octanol–water partition coefficient (Wildman–Crippen LogP) is 2.70. The third-order valence-corrected chi connectivity index (χ3v) is 3.54. The standard InChI is InChI=1S/C15H23NO2/c1-16-15-6-3-5-12-7-8-13(11-14(12)15)18-10-4-9-17-2/h7-8,11,15-16H,3-6,9-10H2,1-2H3. The van der Waals surface area contributed by atoms with Gasteiger partial charge in [-0.15, -0.1) is 0 Å². The van der Waals surface area contributed by atoms with E-state index in [1.807, 2.05) is 7.05 Å². The van der Waals surface area contributed by atoms with E-state index in [2.05, 4.69) is 23.5 Å². The molecule has 0 radical (unpaired) electrons. The molecule has 1 aliphatic rings. The Labute approximate surface area is 109 Å². The lowest BCUT2D eigenvalue weighted by atomic mass is 9.87. The summed E-state index contributed by atoms with van der Waals surface area (Å²) in [6.45, 7) is 1.47. The molecule has 1 aromatic carbocycles. The van der Waals surface area contributed by atoms with Crippen molar-refractivity contribution in [1.29, 1.82) is 0 Å². The van der Waals surface area contributed by atoms with Crippen molar-refractivity contribution in [1.82, 2.24) is 5.32 Å². The molecular formula is C15H23NO2. The maximum absolute atomic E-state index is 5.76. The molecule has 1 N–H and O–H groups in total. The molecule has 1 aromatic rings. The Morgan fingerprint density at radius 3 is 3.00 bits per heavy atom. The van der Waals surface area contributed by atoms with Crippen molar-refractivity contribution in [2.24, 2.45) is 0 Å². The van der Waals surface area contributed by atoms with Crippen LogP contribution < -0.4 is 10.1 Å². The van der Waals surface area contributed by atoms with Gasteiger partial charge in [-0.1, -0.05) is 6.07 Å². The van der Waals surface area contributed by atoms with E-state index in [1.165, 1.54) is 30.4 Å². The van der Waals surface area contributed by atoms with E-state index < -0.39 is 0 Å². The van der Waals surface area contributed by atoms with E-state index in [-0.39, 0.29) is 0 Å². The Morgan fingerprint density at radius 2 is 2.22 bits per heavy atom. The lowest BCUT2D eigenvalue weighted by molar-refractivity contribution is 0.172. The Hall–Kier alpha value is -1.06. The second-order valence-electron chi connectivity index (χ2n) is 4.79. The zero-order chi connectivity index (χ0) is 12.8. The summed E-state index contributed by atoms with van der Waals surface area (Å²) >= 11 is 0. The highest BCUT2D eigenvalue weighted by Crippen LogP contribution is 2.32. The number of methoxy groups -OCH3 is 1. The van der Waals surface area contributed by atoms with Gasteiger partial charge in [-0.05, 0) is 49.6 Å². The Kier molecular flexibility index (Phi) is 5.02. The molecule has 0 heterocycles. The van der Waals surface area contributed by atoms with Gasteiger partial charge in [0.15, 0.2) is 0 Å². The minimum Gasteiger partial charge on any atom is -0.493 e. The van der Waals surface area contributed by atoms with Gasteiger partial charge in [-0.3, -0.25) is 0 Å². The molecule has 2 rings (SSSR count). The Morgan fingerprint density at radius 1 is 1.33 bits per heavy atom. The van der Waals surface area contributed by atoms with Crippen LogP contribution in [0.2, 0.25) is 0 Å². The van der Waals surface area contributed by atoms with Crippen LogP contribution in [0, 0.1) is 0 Å². The van der Waals surface area contributed by atoms with E-state index >= 15 is 0 Å². The number of hydrogen-bond acceptors (Lipinski definition) is 3. The molecule has 0 aliphatic heterocycles. The van der Waals surface area contributed by atoms with Gasteiger partial charge in [-0.2, -0.15) is 0 Å². The molecule has 0 saturated carbocycles. The average Bonchev–Trinajstić information content (AvgIpc) is 2.43. The fraction of sp³-hybridized carbons (Fsp3) is 0.600. The third kappa shape index (κ3) is 3.24. The molecule has 18 heavy (non-hydrogen) atoms. The normalized spacial score (nSPS) is 18.4. The summed E-state index contributed by atoms with van der Waals surface area (Å²) in [4.78, 5) is 0. The van der Waals surface area contributed by atoms with Crippen molar-refractivity contribution >= 4 is 0 Å². The SMILES string of the molecule is CNC1CCCc2ccc(OCCCOC)cc21. The number of fused-ring (bicyclic) bond motifs is 1. The summed E-state index contributed by atoms with van der Waals surface area (Å²) in [7, 11) is 3.75. The Bertz CT molecular complexity index is 379. The molecule has 1 unspecified atom stereocenters. The molecule has 1 atom stereocenters. The van der Waals surface area contributed by atoms with Gasteiger partial charge >= 0.3 is 0 Å². The van der Waals surface area contributed by atoms with E-state index in [0.717, 1.165) is 25.4 Å². The van der Waals surface area contributed by atoms with Crippen molar-refractivity contribution in [2.45, 2.75) is 31.7 Å². The monoisotopic (exact) mass is 249 g/mol. The van der Waals surface area contributed by atoms with Crippen LogP contribution >= 0.6 is 0 Å². The topological polar surface area (TPSA) is 30.5 Å². The lowest BCUT2D eigenvalue weighted by Crippen LogP contribution is -2.21. The first-order valence-corrected chi connectivity index (χ1v) is 6.77. The van der Waals surface area contributed by atoms with Crippen LogP contribution in [0.25, 0.3) is 0 Å². The van der Waals surface area contributed by atoms with E-state index in [0.29, 0.717) is 6.04 Å². The van der Waals surface area contributed by atoms with Crippen molar-refractivity contribution in [3.63, 3.8) is 0 Å². The molecule has 3 nitrogen and oxygen atoms in total. The van der Waals surface area contributed by atoms with E-state index in [9.17, 15) is 0 Å². The molecular weight excluding hydrogens is 226 g/mol. The highest BCUT2D eigenvalue weighted by molar-refractivity contribution is 5.39. The molecule has 3 heteroatoms. The number of aryl methyl sites for hydroxylation is 1. The maximum Gasteiger partial charge on any atom is 0.119 e. The van der Waals surface area contributed by atoms with Crippen LogP contribution in [0.5, 0.6) is 5.75 Å². The smallest absolute Gasteiger partial charge is 0.119 e. The average molecular weight is 249 g/mol. The summed E-state index contributed by atoms with van der Waals surface area (Å²) in [6.07, 6.45) is 4.61. The van der Waals surface area contributed by atoms with E-state index in [1.54, 1.807) is 7.11 Å². The van der Waals surface area contributed by atoms with Crippen LogP contribution in [-0.2, 0) is 11.2 Å². The van der Waals surface area contributed by atoms with Gasteiger partial charge in [0.25, 0.3) is 0 Å². The molecule has 1 aliphatic carbocycles. The van der Waals surface area contributed by atoms with Crippen molar-refractivity contribution in [3.8, 4) is 5.75 Å². The number of hydrogen-bond donors (Lipinski definition) is 1. The quantitative estimate of drug-likeness (QED) is 0.786. The molecule has 0 saturated heterocycles.